The third kappa shape index (κ3) is 5.00. The molecule has 2 aliphatic heterocycles. The Morgan fingerprint density at radius 2 is 1.89 bits per heavy atom. The van der Waals surface area contributed by atoms with Crippen molar-refractivity contribution < 1.29 is 5.11 Å². The number of nitrogens with zero attached hydrogens (tertiary/aromatic N) is 3. The minimum Gasteiger partial charge on any atom is -0.390 e. The lowest BCUT2D eigenvalue weighted by molar-refractivity contribution is 0.0574. The van der Waals surface area contributed by atoms with Gasteiger partial charge in [-0.15, -0.1) is 0 Å². The SMILES string of the molecule is CC1CN(C)CCCN1CC(O)CN1CCNCC1. The average Bonchev–Trinajstić information content (AvgIpc) is 2.52. The number of β-amino-alcohol motifs (C(OH)–C–C–N with tert-alkyl or cyclic N) is 1. The topological polar surface area (TPSA) is 42.0 Å². The van der Waals surface area contributed by atoms with Crippen molar-refractivity contribution in [2.75, 3.05) is 66.0 Å². The van der Waals surface area contributed by atoms with E-state index in [1.165, 1.54) is 13.0 Å². The normalized spacial score (nSPS) is 30.2. The molecule has 5 nitrogen and oxygen atoms in total. The van der Waals surface area contributed by atoms with Crippen LogP contribution in [0.2, 0.25) is 0 Å². The number of hydrogen-bond acceptors (Lipinski definition) is 5. The molecular formula is C14H30N4O. The quantitative estimate of drug-likeness (QED) is 0.706. The summed E-state index contributed by atoms with van der Waals surface area (Å²) in [6, 6.07) is 0.546. The van der Waals surface area contributed by atoms with Crippen LogP contribution in [0.15, 0.2) is 0 Å². The van der Waals surface area contributed by atoms with E-state index in [4.69, 9.17) is 0 Å². The molecule has 0 radical (unpaired) electrons. The molecule has 0 amide bonds. The molecule has 5 heteroatoms. The minimum absolute atomic E-state index is 0.219. The molecule has 2 aliphatic rings. The van der Waals surface area contributed by atoms with Crippen molar-refractivity contribution in [1.29, 1.82) is 0 Å². The fourth-order valence-corrected chi connectivity index (χ4v) is 3.21. The smallest absolute Gasteiger partial charge is 0.0793 e. The maximum absolute atomic E-state index is 10.3. The van der Waals surface area contributed by atoms with Crippen LogP contribution in [0.1, 0.15) is 13.3 Å². The van der Waals surface area contributed by atoms with E-state index in [1.54, 1.807) is 0 Å². The third-order valence-corrected chi connectivity index (χ3v) is 4.31. The van der Waals surface area contributed by atoms with Crippen molar-refractivity contribution in [3.05, 3.63) is 0 Å². The summed E-state index contributed by atoms with van der Waals surface area (Å²) in [5.41, 5.74) is 0. The second-order valence-corrected chi connectivity index (χ2v) is 6.16. The van der Waals surface area contributed by atoms with E-state index in [1.807, 2.05) is 0 Å². The first-order chi connectivity index (χ1) is 9.15. The lowest BCUT2D eigenvalue weighted by Gasteiger charge is -2.33. The first-order valence-electron chi connectivity index (χ1n) is 7.69. The Bertz CT molecular complexity index is 258. The number of rotatable bonds is 4. The summed E-state index contributed by atoms with van der Waals surface area (Å²) in [6.07, 6.45) is 0.991. The van der Waals surface area contributed by atoms with Crippen molar-refractivity contribution in [2.45, 2.75) is 25.5 Å². The summed E-state index contributed by atoms with van der Waals surface area (Å²) < 4.78 is 0. The Labute approximate surface area is 117 Å². The molecule has 2 heterocycles. The molecule has 2 unspecified atom stereocenters. The van der Waals surface area contributed by atoms with Gasteiger partial charge in [0.25, 0.3) is 0 Å². The number of piperazine rings is 1. The van der Waals surface area contributed by atoms with Gasteiger partial charge >= 0.3 is 0 Å². The minimum atomic E-state index is -0.219. The number of aliphatic hydroxyl groups is 1. The molecular weight excluding hydrogens is 240 g/mol. The highest BCUT2D eigenvalue weighted by molar-refractivity contribution is 4.79. The molecule has 0 bridgehead atoms. The van der Waals surface area contributed by atoms with E-state index < -0.39 is 0 Å². The summed E-state index contributed by atoms with van der Waals surface area (Å²) in [6.45, 7) is 11.6. The van der Waals surface area contributed by atoms with Crippen LogP contribution in [-0.4, -0.2) is 97.9 Å². The van der Waals surface area contributed by atoms with Crippen molar-refractivity contribution in [3.8, 4) is 0 Å². The van der Waals surface area contributed by atoms with Gasteiger partial charge in [-0.3, -0.25) is 9.80 Å². The molecule has 2 N–H and O–H groups in total. The van der Waals surface area contributed by atoms with Gasteiger partial charge in [0.1, 0.15) is 0 Å². The Kier molecular flexibility index (Phi) is 6.04. The first-order valence-corrected chi connectivity index (χ1v) is 7.69. The number of likely N-dealkylation sites (N-methyl/N-ethyl adjacent to an activating group) is 1. The zero-order valence-electron chi connectivity index (χ0n) is 12.5. The molecule has 0 saturated carbocycles. The van der Waals surface area contributed by atoms with Gasteiger partial charge in [0.05, 0.1) is 6.10 Å². The van der Waals surface area contributed by atoms with Gasteiger partial charge in [0.2, 0.25) is 0 Å². The fourth-order valence-electron chi connectivity index (χ4n) is 3.21. The van der Waals surface area contributed by atoms with E-state index in [0.29, 0.717) is 6.04 Å². The summed E-state index contributed by atoms with van der Waals surface area (Å²) >= 11 is 0. The van der Waals surface area contributed by atoms with Gasteiger partial charge in [-0.1, -0.05) is 0 Å². The molecule has 0 aromatic rings. The molecule has 2 atom stereocenters. The van der Waals surface area contributed by atoms with Crippen LogP contribution < -0.4 is 5.32 Å². The van der Waals surface area contributed by atoms with Crippen molar-refractivity contribution in [1.82, 2.24) is 20.0 Å². The standard InChI is InChI=1S/C14H30N4O/c1-13-10-16(2)6-3-7-18(13)12-14(19)11-17-8-4-15-5-9-17/h13-15,19H,3-12H2,1-2H3. The van der Waals surface area contributed by atoms with Gasteiger partial charge in [-0.25, -0.2) is 0 Å². The van der Waals surface area contributed by atoms with Gasteiger partial charge in [0.15, 0.2) is 0 Å². The molecule has 0 spiro atoms. The Hall–Kier alpha value is -0.200. The summed E-state index contributed by atoms with van der Waals surface area (Å²) in [5, 5.41) is 13.7. The van der Waals surface area contributed by atoms with E-state index >= 15 is 0 Å². The van der Waals surface area contributed by atoms with Crippen LogP contribution in [-0.2, 0) is 0 Å². The lowest BCUT2D eigenvalue weighted by Crippen LogP contribution is -2.49. The third-order valence-electron chi connectivity index (χ3n) is 4.31. The van der Waals surface area contributed by atoms with Crippen molar-refractivity contribution in [3.63, 3.8) is 0 Å². The predicted molar refractivity (Wildman–Crippen MR) is 78.5 cm³/mol. The zero-order chi connectivity index (χ0) is 13.7. The van der Waals surface area contributed by atoms with Crippen LogP contribution in [0.5, 0.6) is 0 Å². The molecule has 2 rings (SSSR count). The highest BCUT2D eigenvalue weighted by Crippen LogP contribution is 2.09. The van der Waals surface area contributed by atoms with E-state index in [9.17, 15) is 5.11 Å². The van der Waals surface area contributed by atoms with Crippen LogP contribution in [0.25, 0.3) is 0 Å². The average molecular weight is 270 g/mol. The maximum Gasteiger partial charge on any atom is 0.0793 e. The zero-order valence-corrected chi connectivity index (χ0v) is 12.5. The van der Waals surface area contributed by atoms with Crippen molar-refractivity contribution in [2.24, 2.45) is 0 Å². The molecule has 112 valence electrons. The second-order valence-electron chi connectivity index (χ2n) is 6.16. The summed E-state index contributed by atoms with van der Waals surface area (Å²) in [5.74, 6) is 0. The highest BCUT2D eigenvalue weighted by Gasteiger charge is 2.23. The number of hydrogen-bond donors (Lipinski definition) is 2. The van der Waals surface area contributed by atoms with Crippen LogP contribution in [0.3, 0.4) is 0 Å². The largest absolute Gasteiger partial charge is 0.390 e. The van der Waals surface area contributed by atoms with Crippen LogP contribution >= 0.6 is 0 Å². The monoisotopic (exact) mass is 270 g/mol. The molecule has 2 fully saturated rings. The maximum atomic E-state index is 10.3. The summed E-state index contributed by atoms with van der Waals surface area (Å²) in [4.78, 5) is 7.22. The van der Waals surface area contributed by atoms with Gasteiger partial charge in [-0.05, 0) is 33.5 Å². The fraction of sp³-hybridized carbons (Fsp3) is 1.00. The number of nitrogens with one attached hydrogen (secondary N) is 1. The Balaban J connectivity index is 1.75. The van der Waals surface area contributed by atoms with Gasteiger partial charge in [-0.2, -0.15) is 0 Å². The van der Waals surface area contributed by atoms with Crippen LogP contribution in [0.4, 0.5) is 0 Å². The summed E-state index contributed by atoms with van der Waals surface area (Å²) in [7, 11) is 2.19. The van der Waals surface area contributed by atoms with E-state index in [2.05, 4.69) is 34.0 Å². The van der Waals surface area contributed by atoms with Gasteiger partial charge in [0, 0.05) is 51.9 Å². The predicted octanol–water partition coefficient (Wildman–Crippen LogP) is -0.721. The second kappa shape index (κ2) is 7.55. The molecule has 0 aromatic carbocycles. The van der Waals surface area contributed by atoms with Crippen molar-refractivity contribution >= 4 is 0 Å². The number of aliphatic hydroxyl groups excluding tert-OH is 1. The Morgan fingerprint density at radius 1 is 1.16 bits per heavy atom. The first kappa shape index (κ1) is 15.2. The molecule has 0 aliphatic carbocycles. The molecule has 0 aromatic heterocycles. The highest BCUT2D eigenvalue weighted by atomic mass is 16.3. The van der Waals surface area contributed by atoms with Gasteiger partial charge < -0.3 is 15.3 Å². The lowest BCUT2D eigenvalue weighted by atomic mass is 10.2. The molecule has 2 saturated heterocycles. The van der Waals surface area contributed by atoms with E-state index in [0.717, 1.165) is 52.4 Å². The molecule has 19 heavy (non-hydrogen) atoms. The Morgan fingerprint density at radius 3 is 2.63 bits per heavy atom. The van der Waals surface area contributed by atoms with E-state index in [-0.39, 0.29) is 6.10 Å². The van der Waals surface area contributed by atoms with Crippen LogP contribution in [0, 0.1) is 0 Å².